The molecule has 5 nitrogen and oxygen atoms in total. The van der Waals surface area contributed by atoms with E-state index < -0.39 is 29.4 Å². The summed E-state index contributed by atoms with van der Waals surface area (Å²) in [6.07, 6.45) is -4.53. The first-order chi connectivity index (χ1) is 9.24. The number of aliphatic hydroxyl groups is 1. The third-order valence-corrected chi connectivity index (χ3v) is 3.98. The van der Waals surface area contributed by atoms with E-state index in [9.17, 15) is 21.6 Å². The zero-order chi connectivity index (χ0) is 15.0. The van der Waals surface area contributed by atoms with Crippen molar-refractivity contribution in [2.75, 3.05) is 19.7 Å². The summed E-state index contributed by atoms with van der Waals surface area (Å²) in [5, 5.41) is 8.86. The molecule has 0 amide bonds. The van der Waals surface area contributed by atoms with Crippen LogP contribution >= 0.6 is 0 Å². The SMILES string of the molecule is O=S1(=O)N=C(N(CCO)CC(F)(F)F)c2ccccc21. The Hall–Kier alpha value is -1.61. The highest BCUT2D eigenvalue weighted by atomic mass is 32.2. The summed E-state index contributed by atoms with van der Waals surface area (Å²) in [5.41, 5.74) is 0.116. The van der Waals surface area contributed by atoms with Crippen LogP contribution in [0.4, 0.5) is 13.2 Å². The van der Waals surface area contributed by atoms with Crippen molar-refractivity contribution in [1.29, 1.82) is 0 Å². The molecule has 1 aliphatic heterocycles. The van der Waals surface area contributed by atoms with E-state index >= 15 is 0 Å². The molecule has 0 radical (unpaired) electrons. The molecule has 9 heteroatoms. The number of rotatable bonds is 3. The molecular formula is C11H11F3N2O3S. The normalized spacial score (nSPS) is 16.7. The topological polar surface area (TPSA) is 70.0 Å². The molecule has 20 heavy (non-hydrogen) atoms. The average molecular weight is 308 g/mol. The highest BCUT2D eigenvalue weighted by Crippen LogP contribution is 2.28. The van der Waals surface area contributed by atoms with Crippen LogP contribution < -0.4 is 0 Å². The minimum absolute atomic E-state index is 0.116. The monoisotopic (exact) mass is 308 g/mol. The van der Waals surface area contributed by atoms with Crippen molar-refractivity contribution >= 4 is 15.9 Å². The standard InChI is InChI=1S/C11H11F3N2O3S/c12-11(13,14)7-16(5-6-17)10-8-3-1-2-4-9(8)20(18,19)15-10/h1-4,17H,5-7H2. The van der Waals surface area contributed by atoms with Crippen LogP contribution in [0.25, 0.3) is 0 Å². The number of aliphatic hydroxyl groups excluding tert-OH is 1. The summed E-state index contributed by atoms with van der Waals surface area (Å²) in [5.74, 6) is -0.285. The van der Waals surface area contributed by atoms with Crippen LogP contribution in [0.3, 0.4) is 0 Å². The molecule has 0 bridgehead atoms. The van der Waals surface area contributed by atoms with Crippen molar-refractivity contribution in [3.63, 3.8) is 0 Å². The highest BCUT2D eigenvalue weighted by Gasteiger charge is 2.37. The summed E-state index contributed by atoms with van der Waals surface area (Å²) in [4.78, 5) is 0.587. The maximum absolute atomic E-state index is 12.5. The number of amidine groups is 1. The number of halogens is 3. The Labute approximate surface area is 113 Å². The van der Waals surface area contributed by atoms with E-state index in [0.29, 0.717) is 4.90 Å². The van der Waals surface area contributed by atoms with Gasteiger partial charge in [-0.3, -0.25) is 0 Å². The number of alkyl halides is 3. The molecule has 0 saturated carbocycles. The summed E-state index contributed by atoms with van der Waals surface area (Å²) < 4.78 is 64.5. The van der Waals surface area contributed by atoms with Gasteiger partial charge >= 0.3 is 6.18 Å². The van der Waals surface area contributed by atoms with Gasteiger partial charge in [-0.25, -0.2) is 0 Å². The second-order valence-electron chi connectivity index (χ2n) is 4.15. The van der Waals surface area contributed by atoms with Gasteiger partial charge < -0.3 is 10.0 Å². The van der Waals surface area contributed by atoms with Crippen molar-refractivity contribution in [3.05, 3.63) is 29.8 Å². The first-order valence-corrected chi connectivity index (χ1v) is 7.05. The quantitative estimate of drug-likeness (QED) is 0.904. The van der Waals surface area contributed by atoms with Gasteiger partial charge in [-0.2, -0.15) is 21.6 Å². The fraction of sp³-hybridized carbons (Fsp3) is 0.364. The van der Waals surface area contributed by atoms with Crippen LogP contribution in [-0.2, 0) is 10.0 Å². The molecule has 1 N–H and O–H groups in total. The second-order valence-corrected chi connectivity index (χ2v) is 5.72. The van der Waals surface area contributed by atoms with Crippen LogP contribution in [0.5, 0.6) is 0 Å². The van der Waals surface area contributed by atoms with E-state index in [2.05, 4.69) is 4.40 Å². The lowest BCUT2D eigenvalue weighted by molar-refractivity contribution is -0.138. The third kappa shape index (κ3) is 2.93. The van der Waals surface area contributed by atoms with Crippen molar-refractivity contribution in [3.8, 4) is 0 Å². The Morgan fingerprint density at radius 2 is 1.90 bits per heavy atom. The minimum Gasteiger partial charge on any atom is -0.395 e. The number of fused-ring (bicyclic) bond motifs is 1. The fourth-order valence-electron chi connectivity index (χ4n) is 1.91. The molecule has 0 spiro atoms. The van der Waals surface area contributed by atoms with Crippen molar-refractivity contribution < 1.29 is 26.7 Å². The van der Waals surface area contributed by atoms with Gasteiger partial charge in [-0.15, -0.1) is 4.40 Å². The first-order valence-electron chi connectivity index (χ1n) is 5.61. The lowest BCUT2D eigenvalue weighted by Crippen LogP contribution is -2.40. The smallest absolute Gasteiger partial charge is 0.395 e. The molecule has 1 heterocycles. The summed E-state index contributed by atoms with van der Waals surface area (Å²) in [6, 6.07) is 5.65. The number of hydrogen-bond acceptors (Lipinski definition) is 4. The first kappa shape index (κ1) is 14.8. The van der Waals surface area contributed by atoms with Gasteiger partial charge in [0.25, 0.3) is 10.0 Å². The van der Waals surface area contributed by atoms with Gasteiger partial charge in [0.15, 0.2) is 5.84 Å². The molecule has 0 aliphatic carbocycles. The molecular weight excluding hydrogens is 297 g/mol. The van der Waals surface area contributed by atoms with Gasteiger partial charge in [0.2, 0.25) is 0 Å². The second kappa shape index (κ2) is 5.06. The third-order valence-electron chi connectivity index (χ3n) is 2.65. The van der Waals surface area contributed by atoms with Crippen LogP contribution in [-0.4, -0.2) is 50.1 Å². The number of benzene rings is 1. The summed E-state index contributed by atoms with van der Waals surface area (Å²) >= 11 is 0. The van der Waals surface area contributed by atoms with E-state index in [0.717, 1.165) is 0 Å². The molecule has 1 aromatic carbocycles. The van der Waals surface area contributed by atoms with Gasteiger partial charge in [0.1, 0.15) is 11.4 Å². The zero-order valence-corrected chi connectivity index (χ0v) is 10.9. The van der Waals surface area contributed by atoms with E-state index in [4.69, 9.17) is 5.11 Å². The van der Waals surface area contributed by atoms with Crippen LogP contribution in [0, 0.1) is 0 Å². The van der Waals surface area contributed by atoms with Crippen molar-refractivity contribution in [2.45, 2.75) is 11.1 Å². The van der Waals surface area contributed by atoms with E-state index in [1.807, 2.05) is 0 Å². The number of sulfonamides is 1. The average Bonchev–Trinajstić information content (AvgIpc) is 2.60. The molecule has 2 rings (SSSR count). The Kier molecular flexibility index (Phi) is 3.74. The Bertz CT molecular complexity index is 641. The Morgan fingerprint density at radius 1 is 1.25 bits per heavy atom. The molecule has 0 unspecified atom stereocenters. The molecule has 0 atom stereocenters. The molecule has 0 saturated heterocycles. The van der Waals surface area contributed by atoms with E-state index in [-0.39, 0.29) is 22.8 Å². The predicted molar refractivity (Wildman–Crippen MR) is 64.9 cm³/mol. The Balaban J connectivity index is 2.45. The maximum atomic E-state index is 12.5. The van der Waals surface area contributed by atoms with Crippen LogP contribution in [0.1, 0.15) is 5.56 Å². The van der Waals surface area contributed by atoms with E-state index in [1.54, 1.807) is 0 Å². The van der Waals surface area contributed by atoms with E-state index in [1.165, 1.54) is 24.3 Å². The van der Waals surface area contributed by atoms with Gasteiger partial charge in [-0.05, 0) is 12.1 Å². The molecule has 1 aromatic rings. The number of hydrogen-bond donors (Lipinski definition) is 1. The fourth-order valence-corrected chi connectivity index (χ4v) is 3.14. The largest absolute Gasteiger partial charge is 0.405 e. The molecule has 110 valence electrons. The van der Waals surface area contributed by atoms with Gasteiger partial charge in [0, 0.05) is 12.1 Å². The molecule has 0 aromatic heterocycles. The lowest BCUT2D eigenvalue weighted by atomic mass is 10.2. The van der Waals surface area contributed by atoms with Crippen LogP contribution in [0.15, 0.2) is 33.6 Å². The Morgan fingerprint density at radius 3 is 2.50 bits per heavy atom. The van der Waals surface area contributed by atoms with Gasteiger partial charge in [-0.1, -0.05) is 12.1 Å². The molecule has 0 fully saturated rings. The molecule has 1 aliphatic rings. The number of nitrogens with zero attached hydrogens (tertiary/aromatic N) is 2. The maximum Gasteiger partial charge on any atom is 0.405 e. The summed E-state index contributed by atoms with van der Waals surface area (Å²) in [7, 11) is -3.98. The van der Waals surface area contributed by atoms with Crippen LogP contribution in [0.2, 0.25) is 0 Å². The predicted octanol–water partition coefficient (Wildman–Crippen LogP) is 0.992. The lowest BCUT2D eigenvalue weighted by Gasteiger charge is -2.24. The highest BCUT2D eigenvalue weighted by molar-refractivity contribution is 7.90. The summed E-state index contributed by atoms with van der Waals surface area (Å²) in [6.45, 7) is -2.28. The zero-order valence-electron chi connectivity index (χ0n) is 10.1. The van der Waals surface area contributed by atoms with Crippen molar-refractivity contribution in [1.82, 2.24) is 4.90 Å². The van der Waals surface area contributed by atoms with Crippen molar-refractivity contribution in [2.24, 2.45) is 4.40 Å². The minimum atomic E-state index is -4.53. The van der Waals surface area contributed by atoms with Gasteiger partial charge in [0.05, 0.1) is 6.61 Å².